The van der Waals surface area contributed by atoms with Gasteiger partial charge in [0.1, 0.15) is 0 Å². The summed E-state index contributed by atoms with van der Waals surface area (Å²) < 4.78 is 10.6. The van der Waals surface area contributed by atoms with Crippen molar-refractivity contribution < 1.29 is 9.47 Å². The van der Waals surface area contributed by atoms with E-state index >= 15 is 0 Å². The van der Waals surface area contributed by atoms with Gasteiger partial charge in [-0.2, -0.15) is 15.0 Å². The van der Waals surface area contributed by atoms with E-state index in [1.807, 2.05) is 6.92 Å². The van der Waals surface area contributed by atoms with Gasteiger partial charge in [-0.25, -0.2) is 5.84 Å². The van der Waals surface area contributed by atoms with E-state index in [2.05, 4.69) is 25.7 Å². The molecule has 0 bridgehead atoms. The molecule has 0 unspecified atom stereocenters. The summed E-state index contributed by atoms with van der Waals surface area (Å²) in [5, 5.41) is 3.22. The summed E-state index contributed by atoms with van der Waals surface area (Å²) in [6.07, 6.45) is 3.09. The van der Waals surface area contributed by atoms with Crippen LogP contribution >= 0.6 is 0 Å². The van der Waals surface area contributed by atoms with Crippen LogP contribution in [0.1, 0.15) is 26.2 Å². The molecule has 0 radical (unpaired) electrons. The zero-order valence-corrected chi connectivity index (χ0v) is 11.2. The molecule has 0 aromatic carbocycles. The van der Waals surface area contributed by atoms with Crippen LogP contribution in [0.25, 0.3) is 0 Å². The van der Waals surface area contributed by atoms with Gasteiger partial charge in [-0.05, 0) is 19.3 Å². The Morgan fingerprint density at radius 2 is 2.00 bits per heavy atom. The summed E-state index contributed by atoms with van der Waals surface area (Å²) in [6.45, 7) is 2.57. The number of anilines is 2. The number of nitrogens with one attached hydrogen (secondary N) is 2. The fraction of sp³-hybridized carbons (Fsp3) is 0.727. The molecule has 0 saturated heterocycles. The first kappa shape index (κ1) is 13.8. The number of ether oxygens (including phenoxy) is 2. The average Bonchev–Trinajstić information content (AvgIpc) is 2.39. The summed E-state index contributed by atoms with van der Waals surface area (Å²) in [4.78, 5) is 12.4. The van der Waals surface area contributed by atoms with Crippen LogP contribution in [0.2, 0.25) is 0 Å². The lowest BCUT2D eigenvalue weighted by atomic mass is 9.89. The van der Waals surface area contributed by atoms with Crippen LogP contribution in [-0.4, -0.2) is 40.8 Å². The Morgan fingerprint density at radius 3 is 2.63 bits per heavy atom. The molecule has 0 atom stereocenters. The Labute approximate surface area is 112 Å². The third-order valence-corrected chi connectivity index (χ3v) is 2.94. The molecule has 1 aromatic rings. The second-order valence-corrected chi connectivity index (χ2v) is 4.43. The molecule has 2 rings (SSSR count). The maximum atomic E-state index is 5.39. The monoisotopic (exact) mass is 268 g/mol. The van der Waals surface area contributed by atoms with Crippen LogP contribution < -0.4 is 21.3 Å². The first-order valence-electron chi connectivity index (χ1n) is 6.40. The fourth-order valence-corrected chi connectivity index (χ4v) is 1.80. The van der Waals surface area contributed by atoms with Crippen molar-refractivity contribution in [3.8, 4) is 6.01 Å². The van der Waals surface area contributed by atoms with E-state index in [0.29, 0.717) is 24.7 Å². The van der Waals surface area contributed by atoms with Gasteiger partial charge < -0.3 is 14.8 Å². The Kier molecular flexibility index (Phi) is 4.69. The van der Waals surface area contributed by atoms with E-state index in [-0.39, 0.29) is 12.0 Å². The van der Waals surface area contributed by atoms with Crippen LogP contribution in [-0.2, 0) is 4.74 Å². The van der Waals surface area contributed by atoms with Gasteiger partial charge in [0.15, 0.2) is 0 Å². The van der Waals surface area contributed by atoms with Gasteiger partial charge in [-0.3, -0.25) is 5.43 Å². The molecule has 1 aromatic heterocycles. The van der Waals surface area contributed by atoms with E-state index in [1.165, 1.54) is 0 Å². The molecule has 1 heterocycles. The number of nitrogens with two attached hydrogens (primary N) is 1. The van der Waals surface area contributed by atoms with E-state index in [0.717, 1.165) is 19.3 Å². The van der Waals surface area contributed by atoms with Crippen molar-refractivity contribution in [1.29, 1.82) is 0 Å². The van der Waals surface area contributed by atoms with E-state index in [9.17, 15) is 0 Å². The van der Waals surface area contributed by atoms with Gasteiger partial charge in [0.2, 0.25) is 11.9 Å². The third-order valence-electron chi connectivity index (χ3n) is 2.94. The standard InChI is InChI=1S/C11H20N6O2/c1-3-4-19-11-15-9(14-10(16-11)17-12)13-7-5-8(6-7)18-2/h7-8H,3-6,12H2,1-2H3,(H2,13,14,15,16,17). The second-order valence-electron chi connectivity index (χ2n) is 4.43. The van der Waals surface area contributed by atoms with Gasteiger partial charge in [-0.15, -0.1) is 0 Å². The zero-order chi connectivity index (χ0) is 13.7. The minimum absolute atomic E-state index is 0.273. The van der Waals surface area contributed by atoms with Crippen molar-refractivity contribution in [1.82, 2.24) is 15.0 Å². The number of hydrazine groups is 1. The van der Waals surface area contributed by atoms with Gasteiger partial charge in [0.25, 0.3) is 0 Å². The average molecular weight is 268 g/mol. The number of methoxy groups -OCH3 is 1. The van der Waals surface area contributed by atoms with Crippen molar-refractivity contribution in [3.63, 3.8) is 0 Å². The first-order chi connectivity index (χ1) is 9.25. The summed E-state index contributed by atoms with van der Waals surface area (Å²) >= 11 is 0. The van der Waals surface area contributed by atoms with E-state index in [4.69, 9.17) is 15.3 Å². The molecule has 8 nitrogen and oxygen atoms in total. The summed E-state index contributed by atoms with van der Waals surface area (Å²) in [6, 6.07) is 0.590. The molecule has 106 valence electrons. The highest BCUT2D eigenvalue weighted by Gasteiger charge is 2.29. The molecule has 1 fully saturated rings. The largest absolute Gasteiger partial charge is 0.463 e. The lowest BCUT2D eigenvalue weighted by molar-refractivity contribution is 0.0327. The molecule has 1 aliphatic rings. The number of nitrogens with zero attached hydrogens (tertiary/aromatic N) is 3. The van der Waals surface area contributed by atoms with E-state index < -0.39 is 0 Å². The van der Waals surface area contributed by atoms with Crippen LogP contribution in [0.15, 0.2) is 0 Å². The van der Waals surface area contributed by atoms with Crippen LogP contribution in [0.5, 0.6) is 6.01 Å². The van der Waals surface area contributed by atoms with Gasteiger partial charge in [-0.1, -0.05) is 6.92 Å². The lowest BCUT2D eigenvalue weighted by Crippen LogP contribution is -2.40. The summed E-state index contributed by atoms with van der Waals surface area (Å²) in [5.74, 6) is 6.08. The minimum Gasteiger partial charge on any atom is -0.463 e. The highest BCUT2D eigenvalue weighted by atomic mass is 16.5. The zero-order valence-electron chi connectivity index (χ0n) is 11.2. The fourth-order valence-electron chi connectivity index (χ4n) is 1.80. The SMILES string of the molecule is CCCOc1nc(NN)nc(NC2CC(OC)C2)n1. The summed E-state index contributed by atoms with van der Waals surface area (Å²) in [5.41, 5.74) is 2.41. The van der Waals surface area contributed by atoms with Gasteiger partial charge in [0, 0.05) is 13.2 Å². The number of hydrogen-bond acceptors (Lipinski definition) is 8. The normalized spacial score (nSPS) is 21.6. The van der Waals surface area contributed by atoms with Gasteiger partial charge in [0.05, 0.1) is 12.7 Å². The van der Waals surface area contributed by atoms with Crippen molar-refractivity contribution >= 4 is 11.9 Å². The quantitative estimate of drug-likeness (QED) is 0.485. The maximum absolute atomic E-state index is 5.39. The highest BCUT2D eigenvalue weighted by molar-refractivity contribution is 5.36. The highest BCUT2D eigenvalue weighted by Crippen LogP contribution is 2.25. The maximum Gasteiger partial charge on any atom is 0.323 e. The molecular weight excluding hydrogens is 248 g/mol. The molecule has 0 spiro atoms. The predicted molar refractivity (Wildman–Crippen MR) is 70.9 cm³/mol. The van der Waals surface area contributed by atoms with Crippen molar-refractivity contribution in [3.05, 3.63) is 0 Å². The predicted octanol–water partition coefficient (Wildman–Crippen LogP) is 0.535. The molecule has 8 heteroatoms. The van der Waals surface area contributed by atoms with Crippen LogP contribution in [0, 0.1) is 0 Å². The van der Waals surface area contributed by atoms with Crippen LogP contribution in [0.3, 0.4) is 0 Å². The molecule has 4 N–H and O–H groups in total. The molecule has 1 saturated carbocycles. The molecule has 19 heavy (non-hydrogen) atoms. The van der Waals surface area contributed by atoms with Crippen molar-refractivity contribution in [2.75, 3.05) is 24.5 Å². The topological polar surface area (TPSA) is 107 Å². The summed E-state index contributed by atoms with van der Waals surface area (Å²) in [7, 11) is 1.72. The second kappa shape index (κ2) is 6.48. The Bertz CT molecular complexity index is 410. The Hall–Kier alpha value is -1.67. The Balaban J connectivity index is 1.98. The van der Waals surface area contributed by atoms with Crippen molar-refractivity contribution in [2.45, 2.75) is 38.3 Å². The first-order valence-corrected chi connectivity index (χ1v) is 6.40. The van der Waals surface area contributed by atoms with Crippen LogP contribution in [0.4, 0.5) is 11.9 Å². The smallest absolute Gasteiger partial charge is 0.323 e. The Morgan fingerprint density at radius 1 is 1.26 bits per heavy atom. The number of rotatable bonds is 7. The number of aromatic nitrogens is 3. The lowest BCUT2D eigenvalue weighted by Gasteiger charge is -2.34. The number of nitrogen functional groups attached to an aromatic ring is 1. The third kappa shape index (κ3) is 3.65. The van der Waals surface area contributed by atoms with E-state index in [1.54, 1.807) is 7.11 Å². The van der Waals surface area contributed by atoms with Gasteiger partial charge >= 0.3 is 6.01 Å². The molecular formula is C11H20N6O2. The molecule has 1 aliphatic carbocycles. The van der Waals surface area contributed by atoms with Crippen molar-refractivity contribution in [2.24, 2.45) is 5.84 Å². The number of hydrogen-bond donors (Lipinski definition) is 3. The molecule has 0 amide bonds. The molecule has 0 aliphatic heterocycles. The minimum atomic E-state index is 0.273.